The van der Waals surface area contributed by atoms with Crippen LogP contribution in [0.2, 0.25) is 0 Å². The van der Waals surface area contributed by atoms with Crippen molar-refractivity contribution in [2.24, 2.45) is 0 Å². The average Bonchev–Trinajstić information content (AvgIpc) is 3.41. The molecule has 3 heterocycles. The number of aromatic amines is 1. The number of halogens is 1. The molecule has 1 N–H and O–H groups in total. The monoisotopic (exact) mass is 435 g/mol. The number of hydrogen-bond acceptors (Lipinski definition) is 5. The molecule has 2 aromatic heterocycles. The Bertz CT molecular complexity index is 1370. The Hall–Kier alpha value is -3.52. The van der Waals surface area contributed by atoms with Gasteiger partial charge in [-0.3, -0.25) is 9.59 Å². The molecule has 4 aromatic rings. The van der Waals surface area contributed by atoms with Gasteiger partial charge in [-0.05, 0) is 50.1 Å². The number of H-pyrrole nitrogens is 1. The molecule has 0 radical (unpaired) electrons. The lowest BCUT2D eigenvalue weighted by molar-refractivity contribution is 0.0479. The minimum absolute atomic E-state index is 0.0869. The van der Waals surface area contributed by atoms with E-state index in [1.165, 1.54) is 18.2 Å². The molecule has 1 aliphatic heterocycles. The SMILES string of the molecule is Cc1c(C(=O)N(Cc2nc3ccccc3c(=O)[nH]2)C[C@@H]2CCCO2)oc2ccc(F)cc12. The third kappa shape index (κ3) is 3.78. The van der Waals surface area contributed by atoms with Crippen LogP contribution in [0.5, 0.6) is 0 Å². The van der Waals surface area contributed by atoms with E-state index in [1.54, 1.807) is 30.0 Å². The van der Waals surface area contributed by atoms with Crippen LogP contribution in [0.15, 0.2) is 51.7 Å². The molecule has 0 bridgehead atoms. The molecule has 0 saturated carbocycles. The number of ether oxygens (including phenoxy) is 1. The Kier molecular flexibility index (Phi) is 5.22. The molecular formula is C24H22FN3O4. The lowest BCUT2D eigenvalue weighted by atomic mass is 10.1. The van der Waals surface area contributed by atoms with Crippen LogP contribution >= 0.6 is 0 Å². The van der Waals surface area contributed by atoms with E-state index in [-0.39, 0.29) is 29.9 Å². The number of aryl methyl sites for hydroxylation is 1. The average molecular weight is 435 g/mol. The zero-order chi connectivity index (χ0) is 22.2. The van der Waals surface area contributed by atoms with E-state index in [0.29, 0.717) is 46.4 Å². The maximum absolute atomic E-state index is 13.7. The maximum Gasteiger partial charge on any atom is 0.290 e. The predicted molar refractivity (Wildman–Crippen MR) is 117 cm³/mol. The highest BCUT2D eigenvalue weighted by Gasteiger charge is 2.28. The number of carbonyl (C=O) groups is 1. The molecule has 7 nitrogen and oxygen atoms in total. The standard InChI is InChI=1S/C24H22FN3O4/c1-14-18-11-15(25)8-9-20(18)32-22(14)24(30)28(12-16-5-4-10-31-16)13-21-26-19-7-3-2-6-17(19)23(29)27-21/h2-3,6-9,11,16H,4-5,10,12-13H2,1H3,(H,26,27,29)/t16-/m0/s1. The summed E-state index contributed by atoms with van der Waals surface area (Å²) in [5.41, 5.74) is 1.32. The van der Waals surface area contributed by atoms with Crippen LogP contribution in [0.25, 0.3) is 21.9 Å². The van der Waals surface area contributed by atoms with Gasteiger partial charge in [-0.15, -0.1) is 0 Å². The molecule has 1 saturated heterocycles. The Labute approximate surface area is 182 Å². The lowest BCUT2D eigenvalue weighted by Crippen LogP contribution is -2.38. The first-order valence-corrected chi connectivity index (χ1v) is 10.6. The number of fused-ring (bicyclic) bond motifs is 2. The van der Waals surface area contributed by atoms with Crippen LogP contribution in [-0.2, 0) is 11.3 Å². The molecule has 0 spiro atoms. The Morgan fingerprint density at radius 3 is 2.91 bits per heavy atom. The lowest BCUT2D eigenvalue weighted by Gasteiger charge is -2.24. The summed E-state index contributed by atoms with van der Waals surface area (Å²) in [6, 6.07) is 11.2. The van der Waals surface area contributed by atoms with Crippen LogP contribution in [0, 0.1) is 12.7 Å². The van der Waals surface area contributed by atoms with Gasteiger partial charge in [0.2, 0.25) is 0 Å². The molecule has 5 rings (SSSR count). The van der Waals surface area contributed by atoms with Crippen LogP contribution in [0.3, 0.4) is 0 Å². The molecular weight excluding hydrogens is 413 g/mol. The van der Waals surface area contributed by atoms with E-state index in [9.17, 15) is 14.0 Å². The third-order valence-electron chi connectivity index (χ3n) is 5.83. The van der Waals surface area contributed by atoms with Gasteiger partial charge >= 0.3 is 0 Å². The van der Waals surface area contributed by atoms with Crippen LogP contribution in [0.1, 0.15) is 34.8 Å². The second kappa shape index (κ2) is 8.20. The fourth-order valence-corrected chi connectivity index (χ4v) is 4.18. The van der Waals surface area contributed by atoms with Gasteiger partial charge in [-0.2, -0.15) is 0 Å². The molecule has 0 aliphatic carbocycles. The third-order valence-corrected chi connectivity index (χ3v) is 5.83. The first-order valence-electron chi connectivity index (χ1n) is 10.6. The summed E-state index contributed by atoms with van der Waals surface area (Å²) >= 11 is 0. The number of benzene rings is 2. The first-order chi connectivity index (χ1) is 15.5. The second-order valence-electron chi connectivity index (χ2n) is 8.05. The van der Waals surface area contributed by atoms with E-state index < -0.39 is 5.82 Å². The van der Waals surface area contributed by atoms with Crippen molar-refractivity contribution in [3.8, 4) is 0 Å². The van der Waals surface area contributed by atoms with Gasteiger partial charge in [-0.1, -0.05) is 12.1 Å². The summed E-state index contributed by atoms with van der Waals surface area (Å²) in [7, 11) is 0. The van der Waals surface area contributed by atoms with Gasteiger partial charge in [0.25, 0.3) is 11.5 Å². The normalized spacial score (nSPS) is 16.1. The minimum Gasteiger partial charge on any atom is -0.451 e. The van der Waals surface area contributed by atoms with Crippen LogP contribution < -0.4 is 5.56 Å². The summed E-state index contributed by atoms with van der Waals surface area (Å²) in [6.45, 7) is 2.81. The Morgan fingerprint density at radius 2 is 2.09 bits per heavy atom. The van der Waals surface area contributed by atoms with Crippen molar-refractivity contribution < 1.29 is 18.3 Å². The topological polar surface area (TPSA) is 88.4 Å². The molecule has 32 heavy (non-hydrogen) atoms. The van der Waals surface area contributed by atoms with E-state index in [2.05, 4.69) is 9.97 Å². The van der Waals surface area contributed by atoms with Crippen molar-refractivity contribution in [3.63, 3.8) is 0 Å². The smallest absolute Gasteiger partial charge is 0.290 e. The molecule has 1 fully saturated rings. The van der Waals surface area contributed by atoms with Gasteiger partial charge in [0.15, 0.2) is 5.76 Å². The number of carbonyl (C=O) groups excluding carboxylic acids is 1. The number of aromatic nitrogens is 2. The quantitative estimate of drug-likeness (QED) is 0.513. The van der Waals surface area contributed by atoms with Crippen molar-refractivity contribution in [1.82, 2.24) is 14.9 Å². The summed E-state index contributed by atoms with van der Waals surface area (Å²) in [5, 5.41) is 1.05. The van der Waals surface area contributed by atoms with Gasteiger partial charge in [0.05, 0.1) is 23.6 Å². The number of rotatable bonds is 5. The fourth-order valence-electron chi connectivity index (χ4n) is 4.18. The summed E-state index contributed by atoms with van der Waals surface area (Å²) in [6.07, 6.45) is 1.67. The molecule has 1 aliphatic rings. The Morgan fingerprint density at radius 1 is 1.25 bits per heavy atom. The van der Waals surface area contributed by atoms with Gasteiger partial charge < -0.3 is 19.0 Å². The summed E-state index contributed by atoms with van der Waals surface area (Å²) in [4.78, 5) is 34.9. The minimum atomic E-state index is -0.394. The largest absolute Gasteiger partial charge is 0.451 e. The van der Waals surface area contributed by atoms with E-state index in [0.717, 1.165) is 12.8 Å². The summed E-state index contributed by atoms with van der Waals surface area (Å²) in [5.74, 6) is -0.230. The zero-order valence-electron chi connectivity index (χ0n) is 17.6. The molecule has 1 amide bonds. The van der Waals surface area contributed by atoms with Crippen molar-refractivity contribution in [2.45, 2.75) is 32.4 Å². The van der Waals surface area contributed by atoms with E-state index in [4.69, 9.17) is 9.15 Å². The molecule has 0 unspecified atom stereocenters. The van der Waals surface area contributed by atoms with Crippen molar-refractivity contribution in [3.05, 3.63) is 75.8 Å². The number of furan rings is 1. The van der Waals surface area contributed by atoms with Crippen molar-refractivity contribution >= 4 is 27.8 Å². The van der Waals surface area contributed by atoms with Crippen LogP contribution in [-0.4, -0.2) is 40.0 Å². The number of amides is 1. The maximum atomic E-state index is 13.7. The molecule has 2 aromatic carbocycles. The second-order valence-corrected chi connectivity index (χ2v) is 8.05. The van der Waals surface area contributed by atoms with E-state index >= 15 is 0 Å². The van der Waals surface area contributed by atoms with Crippen molar-refractivity contribution in [1.29, 1.82) is 0 Å². The number of para-hydroxylation sites is 1. The zero-order valence-corrected chi connectivity index (χ0v) is 17.6. The summed E-state index contributed by atoms with van der Waals surface area (Å²) < 4.78 is 25.3. The molecule has 1 atom stereocenters. The van der Waals surface area contributed by atoms with Crippen molar-refractivity contribution in [2.75, 3.05) is 13.2 Å². The highest BCUT2D eigenvalue weighted by molar-refractivity contribution is 5.99. The van der Waals surface area contributed by atoms with E-state index in [1.807, 2.05) is 6.07 Å². The van der Waals surface area contributed by atoms with Gasteiger partial charge in [0, 0.05) is 24.1 Å². The Balaban J connectivity index is 1.51. The van der Waals surface area contributed by atoms with Gasteiger partial charge in [0.1, 0.15) is 17.2 Å². The fraction of sp³-hybridized carbons (Fsp3) is 0.292. The number of nitrogens with zero attached hydrogens (tertiary/aromatic N) is 2. The number of hydrogen-bond donors (Lipinski definition) is 1. The highest BCUT2D eigenvalue weighted by Crippen LogP contribution is 2.28. The van der Waals surface area contributed by atoms with Gasteiger partial charge in [-0.25, -0.2) is 9.37 Å². The first kappa shape index (κ1) is 20.4. The highest BCUT2D eigenvalue weighted by atomic mass is 19.1. The number of nitrogens with one attached hydrogen (secondary N) is 1. The molecule has 164 valence electrons. The predicted octanol–water partition coefficient (Wildman–Crippen LogP) is 3.94. The van der Waals surface area contributed by atoms with Crippen LogP contribution in [0.4, 0.5) is 4.39 Å². The molecule has 8 heteroatoms.